The predicted octanol–water partition coefficient (Wildman–Crippen LogP) is 3.59. The summed E-state index contributed by atoms with van der Waals surface area (Å²) in [6.07, 6.45) is 2.17. The average molecular weight is 351 g/mol. The smallest absolute Gasteiger partial charge is 0.253 e. The first-order valence-corrected chi connectivity index (χ1v) is 9.02. The second kappa shape index (κ2) is 8.04. The van der Waals surface area contributed by atoms with Gasteiger partial charge >= 0.3 is 0 Å². The molecule has 0 bridgehead atoms. The lowest BCUT2D eigenvalue weighted by Gasteiger charge is -2.15. The third kappa shape index (κ3) is 4.63. The first-order chi connectivity index (χ1) is 12.5. The standard InChI is InChI=1S/C21H25N3O2/c1-15-11-16(2)13-19(12-15)23-20(25)14-22-18-7-5-17(6-8-18)21(26)24-9-3-4-10-24/h5-8,11-13,22H,3-4,9-10,14H2,1-2H3,(H,23,25). The number of nitrogens with zero attached hydrogens (tertiary/aromatic N) is 1. The van der Waals surface area contributed by atoms with Crippen molar-refractivity contribution in [2.45, 2.75) is 26.7 Å². The fourth-order valence-electron chi connectivity index (χ4n) is 3.27. The summed E-state index contributed by atoms with van der Waals surface area (Å²) in [4.78, 5) is 26.3. The zero-order valence-corrected chi connectivity index (χ0v) is 15.3. The predicted molar refractivity (Wildman–Crippen MR) is 105 cm³/mol. The van der Waals surface area contributed by atoms with E-state index in [9.17, 15) is 9.59 Å². The highest BCUT2D eigenvalue weighted by Crippen LogP contribution is 2.16. The number of hydrogen-bond donors (Lipinski definition) is 2. The molecule has 2 N–H and O–H groups in total. The van der Waals surface area contributed by atoms with Crippen molar-refractivity contribution in [2.75, 3.05) is 30.3 Å². The van der Waals surface area contributed by atoms with Crippen LogP contribution < -0.4 is 10.6 Å². The molecule has 5 nitrogen and oxygen atoms in total. The molecule has 2 amide bonds. The SMILES string of the molecule is Cc1cc(C)cc(NC(=O)CNc2ccc(C(=O)N3CCCC3)cc2)c1. The number of benzene rings is 2. The third-order valence-electron chi connectivity index (χ3n) is 4.48. The Morgan fingerprint density at radius 2 is 1.54 bits per heavy atom. The lowest BCUT2D eigenvalue weighted by atomic mass is 10.1. The first-order valence-electron chi connectivity index (χ1n) is 9.02. The van der Waals surface area contributed by atoms with Crippen LogP contribution in [0.25, 0.3) is 0 Å². The molecule has 5 heteroatoms. The van der Waals surface area contributed by atoms with Crippen molar-refractivity contribution in [3.05, 3.63) is 59.2 Å². The Morgan fingerprint density at radius 1 is 0.923 bits per heavy atom. The molecule has 136 valence electrons. The van der Waals surface area contributed by atoms with E-state index in [1.165, 1.54) is 0 Å². The number of likely N-dealkylation sites (tertiary alicyclic amines) is 1. The Kier molecular flexibility index (Phi) is 5.56. The third-order valence-corrected chi connectivity index (χ3v) is 4.48. The summed E-state index contributed by atoms with van der Waals surface area (Å²) in [6.45, 7) is 5.87. The zero-order valence-electron chi connectivity index (χ0n) is 15.3. The Balaban J connectivity index is 1.52. The Labute approximate surface area is 154 Å². The van der Waals surface area contributed by atoms with Gasteiger partial charge in [-0.1, -0.05) is 6.07 Å². The fraction of sp³-hybridized carbons (Fsp3) is 0.333. The van der Waals surface area contributed by atoms with Gasteiger partial charge in [-0.25, -0.2) is 0 Å². The molecule has 0 atom stereocenters. The zero-order chi connectivity index (χ0) is 18.5. The molecule has 0 aromatic heterocycles. The molecule has 1 saturated heterocycles. The molecule has 1 aliphatic rings. The van der Waals surface area contributed by atoms with E-state index < -0.39 is 0 Å². The topological polar surface area (TPSA) is 61.4 Å². The second-order valence-electron chi connectivity index (χ2n) is 6.85. The minimum atomic E-state index is -0.104. The maximum atomic E-state index is 12.3. The minimum absolute atomic E-state index is 0.0848. The molecule has 1 fully saturated rings. The van der Waals surface area contributed by atoms with E-state index in [0.717, 1.165) is 48.4 Å². The normalized spacial score (nSPS) is 13.5. The summed E-state index contributed by atoms with van der Waals surface area (Å²) >= 11 is 0. The van der Waals surface area contributed by atoms with Gasteiger partial charge in [-0.05, 0) is 74.2 Å². The van der Waals surface area contributed by atoms with Crippen LogP contribution in [-0.2, 0) is 4.79 Å². The summed E-state index contributed by atoms with van der Waals surface area (Å²) in [7, 11) is 0. The van der Waals surface area contributed by atoms with Gasteiger partial charge in [-0.15, -0.1) is 0 Å². The van der Waals surface area contributed by atoms with E-state index in [4.69, 9.17) is 0 Å². The largest absolute Gasteiger partial charge is 0.376 e. The van der Waals surface area contributed by atoms with Gasteiger partial charge in [0.25, 0.3) is 5.91 Å². The van der Waals surface area contributed by atoms with Crippen molar-refractivity contribution in [3.8, 4) is 0 Å². The molecule has 0 aliphatic carbocycles. The molecular weight excluding hydrogens is 326 g/mol. The summed E-state index contributed by atoms with van der Waals surface area (Å²) in [5.41, 5.74) is 4.55. The van der Waals surface area contributed by atoms with Crippen molar-refractivity contribution in [1.29, 1.82) is 0 Å². The molecule has 0 spiro atoms. The number of carbonyl (C=O) groups is 2. The van der Waals surface area contributed by atoms with Gasteiger partial charge in [0.1, 0.15) is 0 Å². The number of rotatable bonds is 5. The molecule has 2 aromatic carbocycles. The molecular formula is C21H25N3O2. The summed E-state index contributed by atoms with van der Waals surface area (Å²) < 4.78 is 0. The van der Waals surface area contributed by atoms with Gasteiger partial charge in [-0.3, -0.25) is 9.59 Å². The highest BCUT2D eigenvalue weighted by Gasteiger charge is 2.19. The number of amides is 2. The number of nitrogens with one attached hydrogen (secondary N) is 2. The van der Waals surface area contributed by atoms with Gasteiger partial charge in [-0.2, -0.15) is 0 Å². The number of aryl methyl sites for hydroxylation is 2. The lowest BCUT2D eigenvalue weighted by Crippen LogP contribution is -2.27. The fourth-order valence-corrected chi connectivity index (χ4v) is 3.27. The molecule has 0 radical (unpaired) electrons. The van der Waals surface area contributed by atoms with Crippen molar-refractivity contribution < 1.29 is 9.59 Å². The average Bonchev–Trinajstić information content (AvgIpc) is 3.13. The molecule has 1 heterocycles. The Hall–Kier alpha value is -2.82. The number of carbonyl (C=O) groups excluding carboxylic acids is 2. The summed E-state index contributed by atoms with van der Waals surface area (Å²) in [5, 5.41) is 5.99. The number of hydrogen-bond acceptors (Lipinski definition) is 3. The van der Waals surface area contributed by atoms with E-state index >= 15 is 0 Å². The molecule has 0 unspecified atom stereocenters. The van der Waals surface area contributed by atoms with Crippen LogP contribution in [0.3, 0.4) is 0 Å². The first kappa shape index (κ1) is 18.0. The van der Waals surface area contributed by atoms with Crippen molar-refractivity contribution in [1.82, 2.24) is 4.90 Å². The minimum Gasteiger partial charge on any atom is -0.376 e. The van der Waals surface area contributed by atoms with Gasteiger partial charge in [0.05, 0.1) is 6.54 Å². The van der Waals surface area contributed by atoms with Crippen LogP contribution in [0.1, 0.15) is 34.3 Å². The number of anilines is 2. The quantitative estimate of drug-likeness (QED) is 0.865. The monoisotopic (exact) mass is 351 g/mol. The highest BCUT2D eigenvalue weighted by molar-refractivity contribution is 5.95. The van der Waals surface area contributed by atoms with Crippen LogP contribution in [0.4, 0.5) is 11.4 Å². The summed E-state index contributed by atoms with van der Waals surface area (Å²) in [5.74, 6) is -0.0196. The van der Waals surface area contributed by atoms with Crippen LogP contribution in [0, 0.1) is 13.8 Å². The lowest BCUT2D eigenvalue weighted by molar-refractivity contribution is -0.114. The van der Waals surface area contributed by atoms with Crippen LogP contribution in [0.15, 0.2) is 42.5 Å². The van der Waals surface area contributed by atoms with Crippen molar-refractivity contribution >= 4 is 23.2 Å². The molecule has 1 aliphatic heterocycles. The van der Waals surface area contributed by atoms with Gasteiger partial charge in [0.15, 0.2) is 0 Å². The Morgan fingerprint density at radius 3 is 2.15 bits per heavy atom. The molecule has 0 saturated carbocycles. The molecule has 3 rings (SSSR count). The van der Waals surface area contributed by atoms with Crippen molar-refractivity contribution in [3.63, 3.8) is 0 Å². The van der Waals surface area contributed by atoms with Crippen LogP contribution in [0.2, 0.25) is 0 Å². The Bertz CT molecular complexity index is 773. The van der Waals surface area contributed by atoms with Gasteiger partial charge in [0, 0.05) is 30.0 Å². The second-order valence-corrected chi connectivity index (χ2v) is 6.85. The van der Waals surface area contributed by atoms with E-state index in [0.29, 0.717) is 5.56 Å². The molecule has 2 aromatic rings. The van der Waals surface area contributed by atoms with E-state index in [1.807, 2.05) is 55.1 Å². The molecule has 26 heavy (non-hydrogen) atoms. The maximum Gasteiger partial charge on any atom is 0.253 e. The highest BCUT2D eigenvalue weighted by atomic mass is 16.2. The summed E-state index contributed by atoms with van der Waals surface area (Å²) in [6, 6.07) is 13.3. The van der Waals surface area contributed by atoms with Crippen LogP contribution in [-0.4, -0.2) is 36.3 Å². The van der Waals surface area contributed by atoms with E-state index in [2.05, 4.69) is 16.7 Å². The maximum absolute atomic E-state index is 12.3. The van der Waals surface area contributed by atoms with E-state index in [-0.39, 0.29) is 18.4 Å². The van der Waals surface area contributed by atoms with E-state index in [1.54, 1.807) is 0 Å². The van der Waals surface area contributed by atoms with Crippen molar-refractivity contribution in [2.24, 2.45) is 0 Å². The van der Waals surface area contributed by atoms with Crippen LogP contribution in [0.5, 0.6) is 0 Å². The van der Waals surface area contributed by atoms with Gasteiger partial charge in [0.2, 0.25) is 5.91 Å². The van der Waals surface area contributed by atoms with Crippen LogP contribution >= 0.6 is 0 Å². The van der Waals surface area contributed by atoms with Gasteiger partial charge < -0.3 is 15.5 Å².